The largest absolute Gasteiger partial charge is 0.410 e. The lowest BCUT2D eigenvalue weighted by atomic mass is 10.2. The molecule has 2 nitrogen and oxygen atoms in total. The second-order valence-electron chi connectivity index (χ2n) is 4.43. The van der Waals surface area contributed by atoms with Gasteiger partial charge in [-0.1, -0.05) is 37.3 Å². The molecule has 88 valence electrons. The molecule has 0 spiro atoms. The smallest absolute Gasteiger partial charge is 0.218 e. The molecule has 0 aliphatic heterocycles. The molecule has 0 saturated carbocycles. The molecule has 16 heavy (non-hydrogen) atoms. The summed E-state index contributed by atoms with van der Waals surface area (Å²) in [6.07, 6.45) is 2.41. The number of carbonyl (C=O) groups excluding carboxylic acids is 1. The normalized spacial score (nSPS) is 13.4. The van der Waals surface area contributed by atoms with Crippen LogP contribution in [0.5, 0.6) is 0 Å². The van der Waals surface area contributed by atoms with Crippen LogP contribution in [0.2, 0.25) is 13.1 Å². The molecule has 0 fully saturated rings. The number of benzene rings is 1. The summed E-state index contributed by atoms with van der Waals surface area (Å²) < 4.78 is 6.12. The van der Waals surface area contributed by atoms with Crippen molar-refractivity contribution in [3.63, 3.8) is 0 Å². The third kappa shape index (κ3) is 3.58. The van der Waals surface area contributed by atoms with Crippen molar-refractivity contribution >= 4 is 19.8 Å². The Labute approximate surface area is 98.8 Å². The molecule has 1 rings (SSSR count). The molecule has 1 unspecified atom stereocenters. The van der Waals surface area contributed by atoms with Crippen LogP contribution in [0, 0.1) is 0 Å². The van der Waals surface area contributed by atoms with Gasteiger partial charge in [0.2, 0.25) is 8.32 Å². The van der Waals surface area contributed by atoms with Gasteiger partial charge in [0, 0.05) is 6.42 Å². The second kappa shape index (κ2) is 5.96. The van der Waals surface area contributed by atoms with Crippen LogP contribution in [0.15, 0.2) is 30.3 Å². The summed E-state index contributed by atoms with van der Waals surface area (Å²) in [5.74, 6) is 0. The zero-order valence-electron chi connectivity index (χ0n) is 10.3. The van der Waals surface area contributed by atoms with Crippen molar-refractivity contribution in [3.8, 4) is 0 Å². The summed E-state index contributed by atoms with van der Waals surface area (Å²) in [5.41, 5.74) is 0. The molecule has 0 bridgehead atoms. The third-order valence-electron chi connectivity index (χ3n) is 2.74. The molecule has 0 radical (unpaired) electrons. The highest BCUT2D eigenvalue weighted by Gasteiger charge is 2.27. The highest BCUT2D eigenvalue weighted by Crippen LogP contribution is 2.12. The molecular weight excluding hydrogens is 216 g/mol. The Morgan fingerprint density at radius 2 is 1.94 bits per heavy atom. The Hall–Kier alpha value is -0.933. The molecule has 0 aliphatic carbocycles. The zero-order valence-corrected chi connectivity index (χ0v) is 11.3. The van der Waals surface area contributed by atoms with Crippen molar-refractivity contribution in [3.05, 3.63) is 30.3 Å². The SMILES string of the molecule is CCC(CC=O)O[Si](C)(C)c1ccccc1. The highest BCUT2D eigenvalue weighted by molar-refractivity contribution is 6.84. The molecular formula is C13H20O2Si. The van der Waals surface area contributed by atoms with E-state index in [9.17, 15) is 4.79 Å². The lowest BCUT2D eigenvalue weighted by Crippen LogP contribution is -2.47. The van der Waals surface area contributed by atoms with E-state index in [-0.39, 0.29) is 6.10 Å². The lowest BCUT2D eigenvalue weighted by Gasteiger charge is -2.28. The summed E-state index contributed by atoms with van der Waals surface area (Å²) in [4.78, 5) is 10.5. The molecule has 3 heteroatoms. The lowest BCUT2D eigenvalue weighted by molar-refractivity contribution is -0.109. The van der Waals surface area contributed by atoms with Gasteiger partial charge < -0.3 is 9.22 Å². The van der Waals surface area contributed by atoms with E-state index in [1.807, 2.05) is 18.2 Å². The van der Waals surface area contributed by atoms with Gasteiger partial charge >= 0.3 is 0 Å². The van der Waals surface area contributed by atoms with Crippen LogP contribution in [0.3, 0.4) is 0 Å². The van der Waals surface area contributed by atoms with Gasteiger partial charge in [0.25, 0.3) is 0 Å². The molecule has 1 aromatic rings. The first-order valence-corrected chi connectivity index (χ1v) is 8.68. The maximum absolute atomic E-state index is 10.5. The van der Waals surface area contributed by atoms with Crippen LogP contribution in [0.25, 0.3) is 0 Å². The van der Waals surface area contributed by atoms with Gasteiger partial charge in [0.05, 0.1) is 6.10 Å². The van der Waals surface area contributed by atoms with E-state index in [0.29, 0.717) is 6.42 Å². The molecule has 0 aromatic heterocycles. The van der Waals surface area contributed by atoms with E-state index in [1.54, 1.807) is 0 Å². The van der Waals surface area contributed by atoms with Crippen molar-refractivity contribution in [1.29, 1.82) is 0 Å². The quantitative estimate of drug-likeness (QED) is 0.560. The topological polar surface area (TPSA) is 26.3 Å². The van der Waals surface area contributed by atoms with E-state index in [2.05, 4.69) is 32.2 Å². The average Bonchev–Trinajstić information content (AvgIpc) is 2.29. The van der Waals surface area contributed by atoms with Crippen LogP contribution in [-0.4, -0.2) is 20.7 Å². The molecule has 1 aromatic carbocycles. The standard InChI is InChI=1S/C13H20O2Si/c1-4-12(10-11-14)15-16(2,3)13-8-6-5-7-9-13/h5-9,11-12H,4,10H2,1-3H3. The zero-order chi connectivity index (χ0) is 12.0. The van der Waals surface area contributed by atoms with Gasteiger partial charge in [-0.25, -0.2) is 0 Å². The Morgan fingerprint density at radius 1 is 1.31 bits per heavy atom. The molecule has 0 heterocycles. The first-order valence-electron chi connectivity index (χ1n) is 5.77. The summed E-state index contributed by atoms with van der Waals surface area (Å²) in [5, 5.41) is 1.28. The van der Waals surface area contributed by atoms with Gasteiger partial charge in [-0.15, -0.1) is 0 Å². The van der Waals surface area contributed by atoms with Gasteiger partial charge in [0.15, 0.2) is 0 Å². The van der Waals surface area contributed by atoms with Crippen molar-refractivity contribution in [2.75, 3.05) is 0 Å². The fraction of sp³-hybridized carbons (Fsp3) is 0.462. The first-order chi connectivity index (χ1) is 7.60. The number of hydrogen-bond donors (Lipinski definition) is 0. The van der Waals surface area contributed by atoms with Gasteiger partial charge in [0.1, 0.15) is 6.29 Å². The Bertz CT molecular complexity index is 322. The van der Waals surface area contributed by atoms with E-state index in [1.165, 1.54) is 5.19 Å². The van der Waals surface area contributed by atoms with Gasteiger partial charge in [-0.3, -0.25) is 0 Å². The maximum atomic E-state index is 10.5. The van der Waals surface area contributed by atoms with Crippen molar-refractivity contribution in [2.45, 2.75) is 39.0 Å². The maximum Gasteiger partial charge on any atom is 0.218 e. The van der Waals surface area contributed by atoms with E-state index in [0.717, 1.165) is 12.7 Å². The fourth-order valence-corrected chi connectivity index (χ4v) is 3.96. The van der Waals surface area contributed by atoms with Crippen LogP contribution >= 0.6 is 0 Å². The molecule has 0 amide bonds. The number of aldehydes is 1. The first kappa shape index (κ1) is 13.1. The Morgan fingerprint density at radius 3 is 2.44 bits per heavy atom. The van der Waals surface area contributed by atoms with Gasteiger partial charge in [-0.2, -0.15) is 0 Å². The minimum atomic E-state index is -1.86. The number of carbonyl (C=O) groups is 1. The van der Waals surface area contributed by atoms with E-state index >= 15 is 0 Å². The van der Waals surface area contributed by atoms with Crippen molar-refractivity contribution in [1.82, 2.24) is 0 Å². The van der Waals surface area contributed by atoms with E-state index in [4.69, 9.17) is 4.43 Å². The van der Waals surface area contributed by atoms with Crippen LogP contribution < -0.4 is 5.19 Å². The monoisotopic (exact) mass is 236 g/mol. The van der Waals surface area contributed by atoms with Crippen LogP contribution in [-0.2, 0) is 9.22 Å². The van der Waals surface area contributed by atoms with Gasteiger partial charge in [-0.05, 0) is 24.7 Å². The number of rotatable bonds is 6. The molecule has 1 atom stereocenters. The highest BCUT2D eigenvalue weighted by atomic mass is 28.4. The van der Waals surface area contributed by atoms with Crippen LogP contribution in [0.1, 0.15) is 19.8 Å². The average molecular weight is 236 g/mol. The van der Waals surface area contributed by atoms with Crippen molar-refractivity contribution < 1.29 is 9.22 Å². The van der Waals surface area contributed by atoms with Crippen LogP contribution in [0.4, 0.5) is 0 Å². The third-order valence-corrected chi connectivity index (χ3v) is 5.39. The number of hydrogen-bond acceptors (Lipinski definition) is 2. The predicted octanol–water partition coefficient (Wildman–Crippen LogP) is 2.48. The summed E-state index contributed by atoms with van der Waals surface area (Å²) >= 11 is 0. The summed E-state index contributed by atoms with van der Waals surface area (Å²) in [7, 11) is -1.86. The molecule has 0 aliphatic rings. The Kier molecular flexibility index (Phi) is 4.90. The minimum absolute atomic E-state index is 0.0689. The Balaban J connectivity index is 2.74. The summed E-state index contributed by atoms with van der Waals surface area (Å²) in [6, 6.07) is 10.3. The molecule has 0 saturated heterocycles. The fourth-order valence-electron chi connectivity index (χ4n) is 1.73. The van der Waals surface area contributed by atoms with Crippen molar-refractivity contribution in [2.24, 2.45) is 0 Å². The summed E-state index contributed by atoms with van der Waals surface area (Å²) in [6.45, 7) is 6.41. The predicted molar refractivity (Wildman–Crippen MR) is 69.4 cm³/mol. The van der Waals surface area contributed by atoms with E-state index < -0.39 is 8.32 Å². The minimum Gasteiger partial charge on any atom is -0.410 e. The second-order valence-corrected chi connectivity index (χ2v) is 8.26. The molecule has 0 N–H and O–H groups in total.